The summed E-state index contributed by atoms with van der Waals surface area (Å²) >= 11 is 1.33. The number of nitrogens with two attached hydrogens (primary N) is 1. The normalized spacial score (nSPS) is 17.1. The maximum atomic E-state index is 12.5. The lowest BCUT2D eigenvalue weighted by Gasteiger charge is -2.14. The van der Waals surface area contributed by atoms with Crippen molar-refractivity contribution >= 4 is 29.4 Å². The number of hydrogen-bond acceptors (Lipinski definition) is 6. The van der Waals surface area contributed by atoms with E-state index >= 15 is 0 Å². The Bertz CT molecular complexity index is 852. The molecule has 0 aromatic carbocycles. The molecular formula is C18H25N7O2S. The van der Waals surface area contributed by atoms with Gasteiger partial charge in [0.1, 0.15) is 11.6 Å². The van der Waals surface area contributed by atoms with Crippen molar-refractivity contribution in [1.82, 2.24) is 24.5 Å². The molecule has 0 bridgehead atoms. The van der Waals surface area contributed by atoms with Crippen molar-refractivity contribution in [2.45, 2.75) is 68.6 Å². The van der Waals surface area contributed by atoms with Crippen LogP contribution < -0.4 is 11.1 Å². The maximum Gasteiger partial charge on any atom is 0.235 e. The van der Waals surface area contributed by atoms with Gasteiger partial charge in [-0.3, -0.25) is 9.59 Å². The van der Waals surface area contributed by atoms with E-state index in [1.165, 1.54) is 24.6 Å². The highest BCUT2D eigenvalue weighted by molar-refractivity contribution is 7.99. The van der Waals surface area contributed by atoms with Crippen LogP contribution in [0.2, 0.25) is 0 Å². The van der Waals surface area contributed by atoms with Crippen molar-refractivity contribution in [2.24, 2.45) is 5.73 Å². The molecule has 0 atom stereocenters. The molecule has 0 unspecified atom stereocenters. The predicted octanol–water partition coefficient (Wildman–Crippen LogP) is 2.07. The van der Waals surface area contributed by atoms with Gasteiger partial charge in [0, 0.05) is 24.9 Å². The van der Waals surface area contributed by atoms with E-state index in [1.807, 2.05) is 15.3 Å². The van der Waals surface area contributed by atoms with Crippen molar-refractivity contribution in [1.29, 1.82) is 0 Å². The Morgan fingerprint density at radius 1 is 1.21 bits per heavy atom. The van der Waals surface area contributed by atoms with Gasteiger partial charge >= 0.3 is 0 Å². The Hall–Kier alpha value is -2.36. The number of carbonyl (C=O) groups excluding carboxylic acids is 2. The lowest BCUT2D eigenvalue weighted by molar-refractivity contribution is -0.118. The van der Waals surface area contributed by atoms with Crippen LogP contribution >= 0.6 is 11.8 Å². The number of thioether (sulfide) groups is 1. The molecule has 28 heavy (non-hydrogen) atoms. The number of carbonyl (C=O) groups is 2. The summed E-state index contributed by atoms with van der Waals surface area (Å²) in [6, 6.07) is 2.21. The molecular weight excluding hydrogens is 378 g/mol. The van der Waals surface area contributed by atoms with Gasteiger partial charge in [0.05, 0.1) is 18.0 Å². The average Bonchev–Trinajstić information content (AvgIpc) is 3.08. The van der Waals surface area contributed by atoms with Crippen LogP contribution in [0.15, 0.2) is 17.4 Å². The summed E-state index contributed by atoms with van der Waals surface area (Å²) < 4.78 is 3.86. The predicted molar refractivity (Wildman–Crippen MR) is 105 cm³/mol. The standard InChI is InChI=1S/C18H25N7O2S/c19-14(26)8-10-24-17(12-5-6-12)22-23-18(24)28-11-16(27)21-15-7-9-20-25(15)13-3-1-2-4-13/h7,9,12-13H,1-6,8,10-11H2,(H2,19,26)(H,21,27). The second-order valence-corrected chi connectivity index (χ2v) is 8.36. The Labute approximate surface area is 167 Å². The molecule has 0 aliphatic heterocycles. The number of rotatable bonds is 9. The van der Waals surface area contributed by atoms with E-state index < -0.39 is 0 Å². The van der Waals surface area contributed by atoms with Gasteiger partial charge in [0.25, 0.3) is 0 Å². The minimum atomic E-state index is -0.357. The molecule has 2 amide bonds. The van der Waals surface area contributed by atoms with Crippen molar-refractivity contribution in [2.75, 3.05) is 11.1 Å². The van der Waals surface area contributed by atoms with Gasteiger partial charge in [0.2, 0.25) is 11.8 Å². The fourth-order valence-corrected chi connectivity index (χ4v) is 4.42. The zero-order valence-electron chi connectivity index (χ0n) is 15.7. The topological polar surface area (TPSA) is 121 Å². The maximum absolute atomic E-state index is 12.5. The number of anilines is 1. The fourth-order valence-electron chi connectivity index (χ4n) is 3.64. The van der Waals surface area contributed by atoms with E-state index in [0.717, 1.165) is 37.3 Å². The molecule has 2 aliphatic rings. The monoisotopic (exact) mass is 403 g/mol. The average molecular weight is 404 g/mol. The van der Waals surface area contributed by atoms with Crippen molar-refractivity contribution in [3.8, 4) is 0 Å². The molecule has 2 aromatic rings. The minimum absolute atomic E-state index is 0.109. The molecule has 0 saturated heterocycles. The van der Waals surface area contributed by atoms with Gasteiger partial charge in [-0.15, -0.1) is 10.2 Å². The SMILES string of the molecule is NC(=O)CCn1c(SCC(=O)Nc2ccnn2C2CCCC2)nnc1C1CC1. The molecule has 9 nitrogen and oxygen atoms in total. The van der Waals surface area contributed by atoms with Crippen molar-refractivity contribution in [3.63, 3.8) is 0 Å². The van der Waals surface area contributed by atoms with Gasteiger partial charge < -0.3 is 15.6 Å². The second-order valence-electron chi connectivity index (χ2n) is 7.42. The van der Waals surface area contributed by atoms with Crippen LogP contribution in [0.4, 0.5) is 5.82 Å². The summed E-state index contributed by atoms with van der Waals surface area (Å²) in [6.07, 6.45) is 8.76. The summed E-state index contributed by atoms with van der Waals surface area (Å²) in [4.78, 5) is 23.7. The van der Waals surface area contributed by atoms with Crippen molar-refractivity contribution in [3.05, 3.63) is 18.1 Å². The number of nitrogens with zero attached hydrogens (tertiary/aromatic N) is 5. The minimum Gasteiger partial charge on any atom is -0.370 e. The first-order chi connectivity index (χ1) is 13.6. The van der Waals surface area contributed by atoms with Crippen LogP contribution in [-0.2, 0) is 16.1 Å². The van der Waals surface area contributed by atoms with Crippen LogP contribution in [0.25, 0.3) is 0 Å². The van der Waals surface area contributed by atoms with Gasteiger partial charge in [-0.25, -0.2) is 4.68 Å². The van der Waals surface area contributed by atoms with Crippen LogP contribution in [0.5, 0.6) is 0 Å². The zero-order chi connectivity index (χ0) is 19.5. The number of hydrogen-bond donors (Lipinski definition) is 2. The lowest BCUT2D eigenvalue weighted by atomic mass is 10.2. The van der Waals surface area contributed by atoms with Gasteiger partial charge in [0.15, 0.2) is 5.16 Å². The van der Waals surface area contributed by atoms with E-state index in [4.69, 9.17) is 5.73 Å². The fraction of sp³-hybridized carbons (Fsp3) is 0.611. The number of amides is 2. The molecule has 2 heterocycles. The molecule has 2 aliphatic carbocycles. The first-order valence-electron chi connectivity index (χ1n) is 9.79. The van der Waals surface area contributed by atoms with Crippen LogP contribution in [0.1, 0.15) is 62.7 Å². The third kappa shape index (κ3) is 4.37. The third-order valence-corrected chi connectivity index (χ3v) is 6.18. The number of aromatic nitrogens is 5. The van der Waals surface area contributed by atoms with E-state index in [-0.39, 0.29) is 24.0 Å². The Morgan fingerprint density at radius 3 is 2.71 bits per heavy atom. The molecule has 0 radical (unpaired) electrons. The van der Waals surface area contributed by atoms with Crippen LogP contribution in [0, 0.1) is 0 Å². The summed E-state index contributed by atoms with van der Waals surface area (Å²) in [7, 11) is 0. The summed E-state index contributed by atoms with van der Waals surface area (Å²) in [5.74, 6) is 1.79. The zero-order valence-corrected chi connectivity index (χ0v) is 16.5. The molecule has 150 valence electrons. The lowest BCUT2D eigenvalue weighted by Crippen LogP contribution is -2.19. The molecule has 2 fully saturated rings. The highest BCUT2D eigenvalue weighted by atomic mass is 32.2. The Balaban J connectivity index is 1.37. The highest BCUT2D eigenvalue weighted by Gasteiger charge is 2.30. The van der Waals surface area contributed by atoms with Gasteiger partial charge in [-0.05, 0) is 25.7 Å². The Morgan fingerprint density at radius 2 is 2.00 bits per heavy atom. The molecule has 4 rings (SSSR count). The molecule has 0 spiro atoms. The molecule has 2 aromatic heterocycles. The number of nitrogens with one attached hydrogen (secondary N) is 1. The first kappa shape index (κ1) is 19.0. The smallest absolute Gasteiger partial charge is 0.235 e. The number of primary amides is 1. The van der Waals surface area contributed by atoms with E-state index in [1.54, 1.807) is 6.20 Å². The Kier molecular flexibility index (Phi) is 5.65. The highest BCUT2D eigenvalue weighted by Crippen LogP contribution is 2.40. The molecule has 3 N–H and O–H groups in total. The van der Waals surface area contributed by atoms with Gasteiger partial charge in [-0.2, -0.15) is 5.10 Å². The van der Waals surface area contributed by atoms with Gasteiger partial charge in [-0.1, -0.05) is 24.6 Å². The first-order valence-corrected chi connectivity index (χ1v) is 10.8. The van der Waals surface area contributed by atoms with Crippen molar-refractivity contribution < 1.29 is 9.59 Å². The van der Waals surface area contributed by atoms with Crippen LogP contribution in [-0.4, -0.2) is 42.1 Å². The molecule has 2 saturated carbocycles. The summed E-state index contributed by atoms with van der Waals surface area (Å²) in [5, 5.41) is 16.5. The molecule has 10 heteroatoms. The second kappa shape index (κ2) is 8.34. The van der Waals surface area contributed by atoms with E-state index in [9.17, 15) is 9.59 Å². The quantitative estimate of drug-likeness (QED) is 0.618. The summed E-state index contributed by atoms with van der Waals surface area (Å²) in [6.45, 7) is 0.451. The summed E-state index contributed by atoms with van der Waals surface area (Å²) in [5.41, 5.74) is 5.29. The van der Waals surface area contributed by atoms with Crippen LogP contribution in [0.3, 0.4) is 0 Å². The van der Waals surface area contributed by atoms with E-state index in [2.05, 4.69) is 20.6 Å². The van der Waals surface area contributed by atoms with E-state index in [0.29, 0.717) is 23.7 Å². The largest absolute Gasteiger partial charge is 0.370 e. The third-order valence-electron chi connectivity index (χ3n) is 5.21.